The van der Waals surface area contributed by atoms with Crippen LogP contribution in [-0.2, 0) is 19.6 Å². The van der Waals surface area contributed by atoms with Gasteiger partial charge < -0.3 is 4.74 Å². The molecule has 0 aromatic heterocycles. The van der Waals surface area contributed by atoms with Crippen molar-refractivity contribution in [3.63, 3.8) is 0 Å². The molecule has 1 unspecified atom stereocenters. The highest BCUT2D eigenvalue weighted by atomic mass is 32.2. The van der Waals surface area contributed by atoms with Gasteiger partial charge in [-0.15, -0.1) is 0 Å². The van der Waals surface area contributed by atoms with Crippen molar-refractivity contribution in [1.29, 1.82) is 0 Å². The first kappa shape index (κ1) is 15.4. The molecule has 6 heteroatoms. The molecule has 1 atom stereocenters. The van der Waals surface area contributed by atoms with Gasteiger partial charge in [0.15, 0.2) is 0 Å². The van der Waals surface area contributed by atoms with E-state index in [1.165, 1.54) is 7.11 Å². The van der Waals surface area contributed by atoms with Gasteiger partial charge in [-0.2, -0.15) is 0 Å². The molecule has 1 N–H and O–H groups in total. The molecule has 0 aliphatic heterocycles. The Bertz CT molecular complexity index is 389. The molecule has 0 aromatic carbocycles. The molecule has 1 rings (SSSR count). The minimum Gasteiger partial charge on any atom is -0.469 e. The Hall–Kier alpha value is -0.620. The van der Waals surface area contributed by atoms with Gasteiger partial charge in [0.1, 0.15) is 0 Å². The standard InChI is InChI=1S/C12H23NO4S/c1-12(2)8-4-6-10(12)13-18(15,16)9-5-7-11(14)17-3/h10,13H,4-9H2,1-3H3. The van der Waals surface area contributed by atoms with Crippen LogP contribution in [-0.4, -0.2) is 33.3 Å². The molecule has 1 fully saturated rings. The number of carbonyl (C=O) groups excluding carboxylic acids is 1. The largest absolute Gasteiger partial charge is 0.469 e. The van der Waals surface area contributed by atoms with Gasteiger partial charge >= 0.3 is 5.97 Å². The van der Waals surface area contributed by atoms with E-state index in [2.05, 4.69) is 23.3 Å². The summed E-state index contributed by atoms with van der Waals surface area (Å²) in [4.78, 5) is 10.9. The third-order valence-electron chi connectivity index (χ3n) is 3.60. The van der Waals surface area contributed by atoms with Crippen LogP contribution in [0.2, 0.25) is 0 Å². The van der Waals surface area contributed by atoms with Crippen molar-refractivity contribution >= 4 is 16.0 Å². The summed E-state index contributed by atoms with van der Waals surface area (Å²) in [5.74, 6) is -0.388. The average Bonchev–Trinajstić information content (AvgIpc) is 2.57. The zero-order valence-electron chi connectivity index (χ0n) is 11.4. The maximum Gasteiger partial charge on any atom is 0.305 e. The van der Waals surface area contributed by atoms with Crippen molar-refractivity contribution in [2.45, 2.75) is 52.0 Å². The highest BCUT2D eigenvalue weighted by molar-refractivity contribution is 7.89. The van der Waals surface area contributed by atoms with Crippen LogP contribution >= 0.6 is 0 Å². The summed E-state index contributed by atoms with van der Waals surface area (Å²) in [6, 6.07) is 0.0145. The van der Waals surface area contributed by atoms with Gasteiger partial charge in [0.2, 0.25) is 10.0 Å². The van der Waals surface area contributed by atoms with Crippen LogP contribution in [0.15, 0.2) is 0 Å². The van der Waals surface area contributed by atoms with Gasteiger partial charge in [-0.05, 0) is 24.7 Å². The summed E-state index contributed by atoms with van der Waals surface area (Å²) in [5.41, 5.74) is 0.0232. The molecule has 1 saturated carbocycles. The minimum atomic E-state index is -3.30. The lowest BCUT2D eigenvalue weighted by atomic mass is 9.88. The summed E-state index contributed by atoms with van der Waals surface area (Å²) in [6.45, 7) is 4.17. The number of esters is 1. The Labute approximate surface area is 109 Å². The van der Waals surface area contributed by atoms with E-state index in [1.54, 1.807) is 0 Å². The van der Waals surface area contributed by atoms with Crippen molar-refractivity contribution < 1.29 is 17.9 Å². The van der Waals surface area contributed by atoms with Crippen LogP contribution in [0.3, 0.4) is 0 Å². The first-order chi connectivity index (χ1) is 8.27. The minimum absolute atomic E-state index is 0.0145. The normalized spacial score (nSPS) is 22.9. The van der Waals surface area contributed by atoms with Crippen molar-refractivity contribution in [1.82, 2.24) is 4.72 Å². The molecule has 0 saturated heterocycles. The van der Waals surface area contributed by atoms with E-state index in [4.69, 9.17) is 0 Å². The molecule has 5 nitrogen and oxygen atoms in total. The van der Waals surface area contributed by atoms with Crippen LogP contribution in [0, 0.1) is 5.41 Å². The van der Waals surface area contributed by atoms with Crippen LogP contribution in [0.5, 0.6) is 0 Å². The molecular weight excluding hydrogens is 254 g/mol. The van der Waals surface area contributed by atoms with Crippen LogP contribution < -0.4 is 4.72 Å². The molecular formula is C12H23NO4S. The second-order valence-electron chi connectivity index (χ2n) is 5.55. The van der Waals surface area contributed by atoms with Gasteiger partial charge in [-0.3, -0.25) is 4.79 Å². The molecule has 18 heavy (non-hydrogen) atoms. The Morgan fingerprint density at radius 2 is 2.11 bits per heavy atom. The Morgan fingerprint density at radius 3 is 2.61 bits per heavy atom. The number of methoxy groups -OCH3 is 1. The SMILES string of the molecule is COC(=O)CCCS(=O)(=O)NC1CCCC1(C)C. The summed E-state index contributed by atoms with van der Waals surface area (Å²) < 4.78 is 31.0. The highest BCUT2D eigenvalue weighted by Crippen LogP contribution is 2.37. The molecule has 0 heterocycles. The van der Waals surface area contributed by atoms with Gasteiger partial charge in [-0.1, -0.05) is 20.3 Å². The number of nitrogens with one attached hydrogen (secondary N) is 1. The van der Waals surface area contributed by atoms with Crippen LogP contribution in [0.1, 0.15) is 46.0 Å². The third-order valence-corrected chi connectivity index (χ3v) is 5.07. The van der Waals surface area contributed by atoms with Gasteiger partial charge in [0.05, 0.1) is 12.9 Å². The fourth-order valence-electron chi connectivity index (χ4n) is 2.33. The van der Waals surface area contributed by atoms with E-state index in [-0.39, 0.29) is 29.6 Å². The van der Waals surface area contributed by atoms with Crippen LogP contribution in [0.4, 0.5) is 0 Å². The predicted molar refractivity (Wildman–Crippen MR) is 69.6 cm³/mol. The lowest BCUT2D eigenvalue weighted by Crippen LogP contribution is -2.42. The number of sulfonamides is 1. The average molecular weight is 277 g/mol. The van der Waals surface area contributed by atoms with E-state index in [0.717, 1.165) is 19.3 Å². The quantitative estimate of drug-likeness (QED) is 0.746. The Balaban J connectivity index is 2.43. The molecule has 0 bridgehead atoms. The molecule has 0 spiro atoms. The second kappa shape index (κ2) is 6.02. The molecule has 0 radical (unpaired) electrons. The second-order valence-corrected chi connectivity index (χ2v) is 7.42. The Morgan fingerprint density at radius 1 is 1.44 bits per heavy atom. The number of hydrogen-bond acceptors (Lipinski definition) is 4. The van der Waals surface area contributed by atoms with Crippen molar-refractivity contribution in [2.75, 3.05) is 12.9 Å². The molecule has 0 aromatic rings. The van der Waals surface area contributed by atoms with Gasteiger partial charge in [0, 0.05) is 12.5 Å². The summed E-state index contributed by atoms with van der Waals surface area (Å²) >= 11 is 0. The van der Waals surface area contributed by atoms with E-state index in [1.807, 2.05) is 0 Å². The van der Waals surface area contributed by atoms with E-state index in [0.29, 0.717) is 6.42 Å². The number of rotatable bonds is 6. The number of carbonyl (C=O) groups is 1. The zero-order chi connectivity index (χ0) is 13.8. The predicted octanol–water partition coefficient (Wildman–Crippen LogP) is 1.44. The maximum atomic E-state index is 11.9. The molecule has 1 aliphatic carbocycles. The zero-order valence-corrected chi connectivity index (χ0v) is 12.2. The molecule has 0 amide bonds. The number of hydrogen-bond donors (Lipinski definition) is 1. The first-order valence-corrected chi connectivity index (χ1v) is 7.99. The van der Waals surface area contributed by atoms with Crippen molar-refractivity contribution in [3.8, 4) is 0 Å². The summed E-state index contributed by atoms with van der Waals surface area (Å²) in [5, 5.41) is 0. The van der Waals surface area contributed by atoms with E-state index >= 15 is 0 Å². The highest BCUT2D eigenvalue weighted by Gasteiger charge is 2.36. The number of ether oxygens (including phenoxy) is 1. The topological polar surface area (TPSA) is 72.5 Å². The third kappa shape index (κ3) is 4.57. The fourth-order valence-corrected chi connectivity index (χ4v) is 3.84. The first-order valence-electron chi connectivity index (χ1n) is 6.34. The Kier molecular flexibility index (Phi) is 5.16. The summed E-state index contributed by atoms with van der Waals surface area (Å²) in [7, 11) is -2.00. The van der Waals surface area contributed by atoms with Crippen molar-refractivity contribution in [3.05, 3.63) is 0 Å². The fraction of sp³-hybridized carbons (Fsp3) is 0.917. The van der Waals surface area contributed by atoms with Gasteiger partial charge in [0.25, 0.3) is 0 Å². The lowest BCUT2D eigenvalue weighted by molar-refractivity contribution is -0.140. The molecule has 106 valence electrons. The lowest BCUT2D eigenvalue weighted by Gasteiger charge is -2.27. The van der Waals surface area contributed by atoms with Crippen molar-refractivity contribution in [2.24, 2.45) is 5.41 Å². The van der Waals surface area contributed by atoms with E-state index < -0.39 is 10.0 Å². The van der Waals surface area contributed by atoms with E-state index in [9.17, 15) is 13.2 Å². The van der Waals surface area contributed by atoms with Crippen LogP contribution in [0.25, 0.3) is 0 Å². The maximum absolute atomic E-state index is 11.9. The monoisotopic (exact) mass is 277 g/mol. The van der Waals surface area contributed by atoms with Gasteiger partial charge in [-0.25, -0.2) is 13.1 Å². The smallest absolute Gasteiger partial charge is 0.305 e. The molecule has 1 aliphatic rings. The summed E-state index contributed by atoms with van der Waals surface area (Å²) in [6.07, 6.45) is 3.44.